The van der Waals surface area contributed by atoms with E-state index in [1.807, 2.05) is 43.5 Å². The Kier molecular flexibility index (Phi) is 4.27. The molecule has 6 nitrogen and oxygen atoms in total. The van der Waals surface area contributed by atoms with Crippen LogP contribution in [0.5, 0.6) is 0 Å². The lowest BCUT2D eigenvalue weighted by atomic mass is 10.1. The predicted octanol–water partition coefficient (Wildman–Crippen LogP) is 1.83. The number of nitro groups is 1. The molecule has 0 aliphatic heterocycles. The van der Waals surface area contributed by atoms with Gasteiger partial charge < -0.3 is 4.90 Å². The third kappa shape index (κ3) is 3.62. The van der Waals surface area contributed by atoms with Gasteiger partial charge in [0.15, 0.2) is 12.4 Å². The summed E-state index contributed by atoms with van der Waals surface area (Å²) in [7, 11) is 3.89. The van der Waals surface area contributed by atoms with Gasteiger partial charge in [-0.05, 0) is 12.1 Å². The molecule has 0 radical (unpaired) electrons. The van der Waals surface area contributed by atoms with Crippen molar-refractivity contribution in [2.75, 3.05) is 19.0 Å². The summed E-state index contributed by atoms with van der Waals surface area (Å²) in [6.45, 7) is 0.200. The molecule has 0 atom stereocenters. The number of rotatable bonds is 5. The lowest BCUT2D eigenvalue weighted by molar-refractivity contribution is -0.683. The molecular weight excluding hydrogens is 270 g/mol. The monoisotopic (exact) mass is 286 g/mol. The summed E-state index contributed by atoms with van der Waals surface area (Å²) in [5, 5.41) is 10.6. The number of anilines is 1. The molecular formula is C15H16N3O3+. The molecule has 0 amide bonds. The van der Waals surface area contributed by atoms with Crippen LogP contribution in [0.1, 0.15) is 10.4 Å². The molecule has 0 saturated carbocycles. The van der Waals surface area contributed by atoms with Crippen LogP contribution in [-0.4, -0.2) is 24.8 Å². The normalized spacial score (nSPS) is 10.2. The fourth-order valence-corrected chi connectivity index (χ4v) is 1.88. The molecule has 108 valence electrons. The fourth-order valence-electron chi connectivity index (χ4n) is 1.88. The lowest BCUT2D eigenvalue weighted by Crippen LogP contribution is -2.37. The van der Waals surface area contributed by atoms with Gasteiger partial charge in [0.2, 0.25) is 12.3 Å². The number of hydrogen-bond donors (Lipinski definition) is 0. The van der Waals surface area contributed by atoms with Gasteiger partial charge in [0, 0.05) is 49.6 Å². The fraction of sp³-hybridized carbons (Fsp3) is 0.200. The van der Waals surface area contributed by atoms with Gasteiger partial charge in [-0.25, -0.2) is 0 Å². The standard InChI is InChI=1S/C15H16N3O3/c1-16(2)13-7-9-17(10-8-13)11-15(19)12-3-5-14(6-4-12)18(20)21/h3-10H,11H2,1-2H3/q+1. The van der Waals surface area contributed by atoms with Crippen LogP contribution in [0.3, 0.4) is 0 Å². The molecule has 0 aliphatic rings. The molecule has 0 saturated heterocycles. The first-order valence-corrected chi connectivity index (χ1v) is 6.41. The van der Waals surface area contributed by atoms with E-state index in [1.54, 1.807) is 4.57 Å². The quantitative estimate of drug-likeness (QED) is 0.364. The minimum Gasteiger partial charge on any atom is -0.377 e. The Morgan fingerprint density at radius 1 is 1.14 bits per heavy atom. The number of hydrogen-bond acceptors (Lipinski definition) is 4. The predicted molar refractivity (Wildman–Crippen MR) is 78.4 cm³/mol. The van der Waals surface area contributed by atoms with Crippen LogP contribution in [0.15, 0.2) is 48.8 Å². The third-order valence-electron chi connectivity index (χ3n) is 3.12. The Hall–Kier alpha value is -2.76. The van der Waals surface area contributed by atoms with E-state index in [4.69, 9.17) is 0 Å². The second-order valence-electron chi connectivity index (χ2n) is 4.85. The van der Waals surface area contributed by atoms with Gasteiger partial charge in [0.25, 0.3) is 5.69 Å². The maximum absolute atomic E-state index is 12.1. The van der Waals surface area contributed by atoms with E-state index in [0.29, 0.717) is 5.56 Å². The number of non-ortho nitro benzene ring substituents is 1. The van der Waals surface area contributed by atoms with Crippen molar-refractivity contribution in [3.8, 4) is 0 Å². The molecule has 1 heterocycles. The maximum Gasteiger partial charge on any atom is 0.269 e. The van der Waals surface area contributed by atoms with E-state index in [2.05, 4.69) is 0 Å². The summed E-state index contributed by atoms with van der Waals surface area (Å²) < 4.78 is 1.77. The van der Waals surface area contributed by atoms with Crippen LogP contribution in [-0.2, 0) is 6.54 Å². The first kappa shape index (κ1) is 14.6. The number of Topliss-reactive ketones (excluding diaryl/α,β-unsaturated/α-hetero) is 1. The number of aromatic nitrogens is 1. The smallest absolute Gasteiger partial charge is 0.269 e. The Morgan fingerprint density at radius 2 is 1.71 bits per heavy atom. The highest BCUT2D eigenvalue weighted by Crippen LogP contribution is 2.12. The summed E-state index contributed by atoms with van der Waals surface area (Å²) in [6.07, 6.45) is 3.66. The Bertz CT molecular complexity index is 649. The number of carbonyl (C=O) groups is 1. The number of benzene rings is 1. The summed E-state index contributed by atoms with van der Waals surface area (Å²) in [4.78, 5) is 24.2. The molecule has 2 aromatic rings. The van der Waals surface area contributed by atoms with Crippen LogP contribution in [0.2, 0.25) is 0 Å². The van der Waals surface area contributed by atoms with Gasteiger partial charge in [-0.1, -0.05) is 0 Å². The summed E-state index contributed by atoms with van der Waals surface area (Å²) >= 11 is 0. The van der Waals surface area contributed by atoms with Crippen LogP contribution in [0.25, 0.3) is 0 Å². The first-order chi connectivity index (χ1) is 9.97. The molecule has 2 rings (SSSR count). The van der Waals surface area contributed by atoms with Gasteiger partial charge in [-0.2, -0.15) is 4.57 Å². The second-order valence-corrected chi connectivity index (χ2v) is 4.85. The molecule has 21 heavy (non-hydrogen) atoms. The van der Waals surface area contributed by atoms with Gasteiger partial charge in [-0.15, -0.1) is 0 Å². The molecule has 6 heteroatoms. The van der Waals surface area contributed by atoms with Crippen LogP contribution in [0, 0.1) is 10.1 Å². The highest BCUT2D eigenvalue weighted by Gasteiger charge is 2.14. The van der Waals surface area contributed by atoms with Crippen molar-refractivity contribution in [3.63, 3.8) is 0 Å². The van der Waals surface area contributed by atoms with E-state index in [1.165, 1.54) is 24.3 Å². The van der Waals surface area contributed by atoms with Crippen molar-refractivity contribution < 1.29 is 14.3 Å². The van der Waals surface area contributed by atoms with Gasteiger partial charge >= 0.3 is 0 Å². The molecule has 0 bridgehead atoms. The second kappa shape index (κ2) is 6.13. The van der Waals surface area contributed by atoms with Crippen molar-refractivity contribution in [2.24, 2.45) is 0 Å². The zero-order valence-corrected chi connectivity index (χ0v) is 11.9. The highest BCUT2D eigenvalue weighted by molar-refractivity contribution is 5.95. The van der Waals surface area contributed by atoms with E-state index in [-0.39, 0.29) is 18.0 Å². The summed E-state index contributed by atoms with van der Waals surface area (Å²) in [5.41, 5.74) is 1.49. The molecule has 0 spiro atoms. The number of carbonyl (C=O) groups excluding carboxylic acids is 1. The first-order valence-electron chi connectivity index (χ1n) is 6.41. The molecule has 0 unspecified atom stereocenters. The van der Waals surface area contributed by atoms with Crippen molar-refractivity contribution >= 4 is 17.2 Å². The van der Waals surface area contributed by atoms with Crippen LogP contribution < -0.4 is 9.47 Å². The Balaban J connectivity index is 2.08. The highest BCUT2D eigenvalue weighted by atomic mass is 16.6. The topological polar surface area (TPSA) is 67.3 Å². The van der Waals surface area contributed by atoms with Gasteiger partial charge in [0.05, 0.1) is 4.92 Å². The molecule has 0 fully saturated rings. The number of nitro benzene ring substituents is 1. The zero-order valence-electron chi connectivity index (χ0n) is 11.9. The third-order valence-corrected chi connectivity index (χ3v) is 3.12. The van der Waals surface area contributed by atoms with E-state index < -0.39 is 4.92 Å². The largest absolute Gasteiger partial charge is 0.377 e. The van der Waals surface area contributed by atoms with Gasteiger partial charge in [-0.3, -0.25) is 14.9 Å². The lowest BCUT2D eigenvalue weighted by Gasteiger charge is -2.10. The van der Waals surface area contributed by atoms with E-state index in [9.17, 15) is 14.9 Å². The average molecular weight is 286 g/mol. The molecule has 0 aliphatic carbocycles. The molecule has 0 N–H and O–H groups in total. The van der Waals surface area contributed by atoms with Crippen LogP contribution in [0.4, 0.5) is 11.4 Å². The SMILES string of the molecule is CN(C)c1cc[n+](CC(=O)c2ccc([N+](=O)[O-])cc2)cc1. The van der Waals surface area contributed by atoms with E-state index >= 15 is 0 Å². The van der Waals surface area contributed by atoms with Crippen molar-refractivity contribution in [2.45, 2.75) is 6.54 Å². The van der Waals surface area contributed by atoms with Crippen molar-refractivity contribution in [1.29, 1.82) is 0 Å². The Labute approximate surface area is 122 Å². The molecule has 1 aromatic heterocycles. The molecule has 1 aromatic carbocycles. The van der Waals surface area contributed by atoms with E-state index in [0.717, 1.165) is 5.69 Å². The van der Waals surface area contributed by atoms with Crippen LogP contribution >= 0.6 is 0 Å². The maximum atomic E-state index is 12.1. The average Bonchev–Trinajstić information content (AvgIpc) is 2.47. The van der Waals surface area contributed by atoms with Gasteiger partial charge in [0.1, 0.15) is 0 Å². The Morgan fingerprint density at radius 3 is 2.19 bits per heavy atom. The number of ketones is 1. The minimum atomic E-state index is -0.483. The summed E-state index contributed by atoms with van der Waals surface area (Å²) in [5.74, 6) is -0.0903. The van der Waals surface area contributed by atoms with Crippen molar-refractivity contribution in [1.82, 2.24) is 0 Å². The number of nitrogens with zero attached hydrogens (tertiary/aromatic N) is 3. The summed E-state index contributed by atoms with van der Waals surface area (Å²) in [6, 6.07) is 9.48. The zero-order chi connectivity index (χ0) is 15.4. The van der Waals surface area contributed by atoms with Crippen molar-refractivity contribution in [3.05, 3.63) is 64.5 Å². The minimum absolute atomic E-state index is 0.0189. The number of pyridine rings is 1.